The predicted molar refractivity (Wildman–Crippen MR) is 149 cm³/mol. The van der Waals surface area contributed by atoms with E-state index in [0.29, 0.717) is 58.3 Å². The van der Waals surface area contributed by atoms with E-state index in [9.17, 15) is 8.42 Å². The molecule has 0 saturated carbocycles. The molecule has 0 amide bonds. The number of ether oxygens (including phenoxy) is 2. The number of thiocarbonyl (C=S) groups is 1. The number of nitrogens with zero attached hydrogens (tertiary/aromatic N) is 3. The molecule has 3 rings (SSSR count). The van der Waals surface area contributed by atoms with Crippen LogP contribution in [0, 0.1) is 0 Å². The summed E-state index contributed by atoms with van der Waals surface area (Å²) >= 11 is 5.45. The third-order valence-corrected chi connectivity index (χ3v) is 7.95. The molecule has 0 atom stereocenters. The van der Waals surface area contributed by atoms with Gasteiger partial charge in [0.25, 0.3) is 0 Å². The molecular weight excluding hydrogens is 498 g/mol. The molecule has 9 nitrogen and oxygen atoms in total. The molecule has 2 N–H and O–H groups in total. The molecule has 198 valence electrons. The fourth-order valence-corrected chi connectivity index (χ4v) is 5.47. The molecule has 1 aromatic rings. The Kier molecular flexibility index (Phi) is 10.9. The van der Waals surface area contributed by atoms with Crippen LogP contribution in [0.3, 0.4) is 0 Å². The molecule has 1 aromatic carbocycles. The quantitative estimate of drug-likeness (QED) is 0.215. The number of benzene rings is 1. The molecule has 11 heteroatoms. The minimum Gasteiger partial charge on any atom is -0.379 e. The van der Waals surface area contributed by atoms with Crippen molar-refractivity contribution < 1.29 is 17.9 Å². The zero-order valence-electron chi connectivity index (χ0n) is 21.3. The Balaban J connectivity index is 1.72. The Labute approximate surface area is 220 Å². The Morgan fingerprint density at radius 2 is 1.75 bits per heavy atom. The topological polar surface area (TPSA) is 95.5 Å². The fourth-order valence-electron chi connectivity index (χ4n) is 3.87. The van der Waals surface area contributed by atoms with Crippen LogP contribution in [-0.2, 0) is 19.5 Å². The first-order chi connectivity index (χ1) is 17.3. The van der Waals surface area contributed by atoms with E-state index in [1.807, 2.05) is 12.1 Å². The maximum Gasteiger partial charge on any atom is 0.243 e. The van der Waals surface area contributed by atoms with Gasteiger partial charge >= 0.3 is 0 Å². The van der Waals surface area contributed by atoms with E-state index in [0.717, 1.165) is 18.5 Å². The fraction of sp³-hybridized carbons (Fsp3) is 0.520. The zero-order valence-corrected chi connectivity index (χ0v) is 23.0. The summed E-state index contributed by atoms with van der Waals surface area (Å²) in [5.41, 5.74) is 6.82. The van der Waals surface area contributed by atoms with Crippen molar-refractivity contribution in [1.29, 1.82) is 0 Å². The number of rotatable bonds is 9. The number of morpholine rings is 2. The summed E-state index contributed by atoms with van der Waals surface area (Å²) in [5, 5.41) is 7.61. The summed E-state index contributed by atoms with van der Waals surface area (Å²) < 4.78 is 38.7. The van der Waals surface area contributed by atoms with Gasteiger partial charge in [0.2, 0.25) is 10.0 Å². The van der Waals surface area contributed by atoms with E-state index in [1.54, 1.807) is 18.3 Å². The molecular formula is C25H37N5O4S2. The highest BCUT2D eigenvalue weighted by molar-refractivity contribution is 7.89. The van der Waals surface area contributed by atoms with Crippen LogP contribution in [0.25, 0.3) is 0 Å². The minimum atomic E-state index is -3.65. The minimum absolute atomic E-state index is 0.213. The first kappa shape index (κ1) is 28.3. The van der Waals surface area contributed by atoms with E-state index in [-0.39, 0.29) is 10.0 Å². The summed E-state index contributed by atoms with van der Waals surface area (Å²) in [6.07, 6.45) is 7.80. The Morgan fingerprint density at radius 3 is 2.42 bits per heavy atom. The number of anilines is 2. The van der Waals surface area contributed by atoms with Crippen LogP contribution in [0.4, 0.5) is 11.4 Å². The molecule has 2 aliphatic heterocycles. The van der Waals surface area contributed by atoms with Crippen molar-refractivity contribution in [2.75, 3.05) is 62.8 Å². The van der Waals surface area contributed by atoms with E-state index in [4.69, 9.17) is 21.7 Å². The average Bonchev–Trinajstić information content (AvgIpc) is 2.87. The number of nitrogens with one attached hydrogen (secondary N) is 2. The van der Waals surface area contributed by atoms with Crippen LogP contribution < -0.4 is 15.6 Å². The van der Waals surface area contributed by atoms with Gasteiger partial charge in [0, 0.05) is 32.4 Å². The summed E-state index contributed by atoms with van der Waals surface area (Å²) in [6, 6.07) is 5.12. The van der Waals surface area contributed by atoms with Gasteiger partial charge in [0.05, 0.1) is 42.7 Å². The van der Waals surface area contributed by atoms with Crippen LogP contribution in [0.15, 0.2) is 51.5 Å². The second-order valence-corrected chi connectivity index (χ2v) is 11.3. The van der Waals surface area contributed by atoms with Gasteiger partial charge in [-0.2, -0.15) is 9.41 Å². The lowest BCUT2D eigenvalue weighted by Crippen LogP contribution is -2.40. The second-order valence-electron chi connectivity index (χ2n) is 8.97. The van der Waals surface area contributed by atoms with Gasteiger partial charge in [0.1, 0.15) is 0 Å². The highest BCUT2D eigenvalue weighted by Gasteiger charge is 2.28. The Hall–Kier alpha value is -2.31. The SMILES string of the molecule is CC(C)=CCC/C(C)=C/C=N/NC(=S)Nc1cc(S(=O)(=O)N2CCOCC2)ccc1N1CCOCC1. The van der Waals surface area contributed by atoms with Crippen LogP contribution in [0.2, 0.25) is 0 Å². The zero-order chi connectivity index (χ0) is 26.0. The van der Waals surface area contributed by atoms with Gasteiger partial charge in [0.15, 0.2) is 5.11 Å². The van der Waals surface area contributed by atoms with Gasteiger partial charge in [-0.1, -0.05) is 17.2 Å². The number of sulfonamides is 1. The van der Waals surface area contributed by atoms with Gasteiger partial charge in [-0.3, -0.25) is 5.43 Å². The third kappa shape index (κ3) is 8.38. The molecule has 0 bridgehead atoms. The third-order valence-electron chi connectivity index (χ3n) is 5.87. The van der Waals surface area contributed by atoms with Crippen LogP contribution in [0.1, 0.15) is 33.6 Å². The average molecular weight is 536 g/mol. The maximum absolute atomic E-state index is 13.2. The Morgan fingerprint density at radius 1 is 1.08 bits per heavy atom. The predicted octanol–water partition coefficient (Wildman–Crippen LogP) is 3.51. The Bertz CT molecular complexity index is 1090. The van der Waals surface area contributed by atoms with Crippen molar-refractivity contribution in [2.24, 2.45) is 5.10 Å². The molecule has 2 saturated heterocycles. The second kappa shape index (κ2) is 13.8. The first-order valence-corrected chi connectivity index (χ1v) is 14.1. The normalized spacial score (nSPS) is 17.8. The van der Waals surface area contributed by atoms with Crippen molar-refractivity contribution in [3.8, 4) is 0 Å². The summed E-state index contributed by atoms with van der Waals surface area (Å²) in [7, 11) is -3.65. The van der Waals surface area contributed by atoms with E-state index in [1.165, 1.54) is 15.5 Å². The van der Waals surface area contributed by atoms with Crippen LogP contribution in [0.5, 0.6) is 0 Å². The smallest absolute Gasteiger partial charge is 0.243 e. The number of hydrogen-bond donors (Lipinski definition) is 2. The molecule has 2 aliphatic rings. The van der Waals surface area contributed by atoms with Gasteiger partial charge in [-0.15, -0.1) is 0 Å². The van der Waals surface area contributed by atoms with Gasteiger partial charge in [-0.25, -0.2) is 8.42 Å². The van der Waals surface area contributed by atoms with Crippen LogP contribution in [-0.4, -0.2) is 76.7 Å². The highest BCUT2D eigenvalue weighted by Crippen LogP contribution is 2.31. The summed E-state index contributed by atoms with van der Waals surface area (Å²) in [6.45, 7) is 10.4. The lowest BCUT2D eigenvalue weighted by atomic mass is 10.1. The molecule has 0 spiro atoms. The molecule has 0 aliphatic carbocycles. The molecule has 0 radical (unpaired) electrons. The molecule has 2 fully saturated rings. The van der Waals surface area contributed by atoms with Gasteiger partial charge < -0.3 is 19.7 Å². The number of allylic oxidation sites excluding steroid dienone is 4. The lowest BCUT2D eigenvalue weighted by molar-refractivity contribution is 0.0730. The summed E-state index contributed by atoms with van der Waals surface area (Å²) in [4.78, 5) is 2.37. The monoisotopic (exact) mass is 535 g/mol. The standard InChI is InChI=1S/C25H37N5O4S2/c1-20(2)5-4-6-21(3)9-10-26-28-25(35)27-23-19-22(36(31,32)30-13-17-34-18-14-30)7-8-24(23)29-11-15-33-16-12-29/h5,7-10,19H,4,6,11-18H2,1-3H3,(H2,27,28,35)/b21-9+,26-10+. The molecule has 0 aromatic heterocycles. The van der Waals surface area contributed by atoms with Crippen molar-refractivity contribution in [1.82, 2.24) is 9.73 Å². The van der Waals surface area contributed by atoms with Crippen LogP contribution >= 0.6 is 12.2 Å². The number of hydrazone groups is 1. The van der Waals surface area contributed by atoms with Gasteiger partial charge in [-0.05, 0) is 70.1 Å². The van der Waals surface area contributed by atoms with Crippen molar-refractivity contribution in [2.45, 2.75) is 38.5 Å². The molecule has 2 heterocycles. The summed E-state index contributed by atoms with van der Waals surface area (Å²) in [5.74, 6) is 0. The highest BCUT2D eigenvalue weighted by atomic mass is 32.2. The largest absolute Gasteiger partial charge is 0.379 e. The van der Waals surface area contributed by atoms with E-state index >= 15 is 0 Å². The van der Waals surface area contributed by atoms with E-state index in [2.05, 4.69) is 47.6 Å². The lowest BCUT2D eigenvalue weighted by Gasteiger charge is -2.31. The number of hydrogen-bond acceptors (Lipinski definition) is 7. The van der Waals surface area contributed by atoms with Crippen molar-refractivity contribution in [3.05, 3.63) is 41.5 Å². The van der Waals surface area contributed by atoms with Crippen molar-refractivity contribution in [3.63, 3.8) is 0 Å². The van der Waals surface area contributed by atoms with E-state index < -0.39 is 10.0 Å². The first-order valence-electron chi connectivity index (χ1n) is 12.2. The van der Waals surface area contributed by atoms with Crippen molar-refractivity contribution >= 4 is 44.9 Å². The maximum atomic E-state index is 13.2. The molecule has 0 unspecified atom stereocenters. The molecule has 36 heavy (non-hydrogen) atoms.